The van der Waals surface area contributed by atoms with Crippen LogP contribution in [-0.2, 0) is 14.8 Å². The second kappa shape index (κ2) is 6.70. The third kappa shape index (κ3) is 3.31. The van der Waals surface area contributed by atoms with Gasteiger partial charge in [-0.25, -0.2) is 8.42 Å². The summed E-state index contributed by atoms with van der Waals surface area (Å²) in [5, 5.41) is 9.14. The van der Waals surface area contributed by atoms with Crippen molar-refractivity contribution in [3.63, 3.8) is 0 Å². The Labute approximate surface area is 139 Å². The number of benzene rings is 1. The van der Waals surface area contributed by atoms with E-state index in [1.807, 2.05) is 6.92 Å². The number of nitrogens with one attached hydrogen (secondary N) is 1. The molecule has 1 aromatic carbocycles. The molecule has 1 aliphatic heterocycles. The van der Waals surface area contributed by atoms with Gasteiger partial charge in [-0.2, -0.15) is 4.72 Å². The number of imide groups is 1. The van der Waals surface area contributed by atoms with E-state index >= 15 is 0 Å². The molecule has 9 heteroatoms. The minimum absolute atomic E-state index is 0.00851. The van der Waals surface area contributed by atoms with Crippen LogP contribution in [-0.4, -0.2) is 49.3 Å². The molecule has 0 fully saturated rings. The molecular weight excluding hydrogens is 336 g/mol. The van der Waals surface area contributed by atoms with Crippen LogP contribution in [0.15, 0.2) is 23.1 Å². The molecular formula is C15H18N2O6S. The van der Waals surface area contributed by atoms with Gasteiger partial charge in [0.25, 0.3) is 11.8 Å². The van der Waals surface area contributed by atoms with Crippen molar-refractivity contribution in [3.8, 4) is 0 Å². The number of carbonyl (C=O) groups is 3. The van der Waals surface area contributed by atoms with Crippen LogP contribution in [0.1, 0.15) is 46.9 Å². The topological polar surface area (TPSA) is 121 Å². The zero-order chi connectivity index (χ0) is 18.1. The summed E-state index contributed by atoms with van der Waals surface area (Å²) < 4.78 is 26.9. The van der Waals surface area contributed by atoms with Crippen molar-refractivity contribution in [1.29, 1.82) is 0 Å². The number of amides is 2. The Morgan fingerprint density at radius 3 is 2.46 bits per heavy atom. The van der Waals surface area contributed by atoms with Crippen LogP contribution < -0.4 is 4.72 Å². The van der Waals surface area contributed by atoms with Crippen LogP contribution in [0.4, 0.5) is 0 Å². The monoisotopic (exact) mass is 354 g/mol. The number of aliphatic carboxylic acids is 1. The second-order valence-electron chi connectivity index (χ2n) is 5.53. The van der Waals surface area contributed by atoms with Crippen molar-refractivity contribution in [2.75, 3.05) is 7.05 Å². The summed E-state index contributed by atoms with van der Waals surface area (Å²) in [6, 6.07) is 2.29. The first-order valence-electron chi connectivity index (χ1n) is 7.40. The van der Waals surface area contributed by atoms with E-state index in [0.717, 1.165) is 17.4 Å². The van der Waals surface area contributed by atoms with Crippen molar-refractivity contribution in [3.05, 3.63) is 29.3 Å². The quantitative estimate of drug-likeness (QED) is 0.700. The van der Waals surface area contributed by atoms with Gasteiger partial charge in [0.2, 0.25) is 10.0 Å². The summed E-state index contributed by atoms with van der Waals surface area (Å²) >= 11 is 0. The smallest absolute Gasteiger partial charge is 0.321 e. The highest BCUT2D eigenvalue weighted by Crippen LogP contribution is 2.24. The van der Waals surface area contributed by atoms with E-state index in [0.29, 0.717) is 6.42 Å². The van der Waals surface area contributed by atoms with Gasteiger partial charge in [0.1, 0.15) is 6.04 Å². The highest BCUT2D eigenvalue weighted by Gasteiger charge is 2.34. The van der Waals surface area contributed by atoms with Gasteiger partial charge in [-0.15, -0.1) is 0 Å². The van der Waals surface area contributed by atoms with E-state index < -0.39 is 33.8 Å². The molecule has 2 N–H and O–H groups in total. The second-order valence-corrected chi connectivity index (χ2v) is 7.25. The number of carboxylic acid groups (broad SMARTS) is 1. The summed E-state index contributed by atoms with van der Waals surface area (Å²) in [5.74, 6) is -2.36. The molecule has 0 saturated heterocycles. The van der Waals surface area contributed by atoms with Gasteiger partial charge in [-0.05, 0) is 24.6 Å². The van der Waals surface area contributed by atoms with Crippen molar-refractivity contribution in [2.24, 2.45) is 0 Å². The number of fused-ring (bicyclic) bond motifs is 1. The van der Waals surface area contributed by atoms with E-state index in [9.17, 15) is 22.8 Å². The Hall–Kier alpha value is -2.26. The third-order valence-electron chi connectivity index (χ3n) is 3.81. The molecule has 2 rings (SSSR count). The van der Waals surface area contributed by atoms with Crippen LogP contribution in [0.5, 0.6) is 0 Å². The number of sulfonamides is 1. The van der Waals surface area contributed by atoms with Gasteiger partial charge < -0.3 is 5.11 Å². The van der Waals surface area contributed by atoms with Gasteiger partial charge in [0.05, 0.1) is 16.0 Å². The molecule has 8 nitrogen and oxygen atoms in total. The summed E-state index contributed by atoms with van der Waals surface area (Å²) in [7, 11) is -2.82. The van der Waals surface area contributed by atoms with Crippen molar-refractivity contribution >= 4 is 27.8 Å². The van der Waals surface area contributed by atoms with Gasteiger partial charge in [-0.3, -0.25) is 19.3 Å². The molecule has 1 atom stereocenters. The molecule has 0 radical (unpaired) electrons. The largest absolute Gasteiger partial charge is 0.480 e. The molecule has 0 aromatic heterocycles. The van der Waals surface area contributed by atoms with Crippen molar-refractivity contribution in [2.45, 2.75) is 37.1 Å². The fourth-order valence-corrected chi connectivity index (χ4v) is 3.65. The summed E-state index contributed by atoms with van der Waals surface area (Å²) in [4.78, 5) is 35.6. The molecule has 1 heterocycles. The van der Waals surface area contributed by atoms with E-state index in [1.54, 1.807) is 0 Å². The third-order valence-corrected chi connectivity index (χ3v) is 5.28. The van der Waals surface area contributed by atoms with Crippen LogP contribution >= 0.6 is 0 Å². The SMILES string of the molecule is CCCCC(NS(=O)(=O)c1ccc2c(c1)C(=O)N(C)C2=O)C(=O)O. The summed E-state index contributed by atoms with van der Waals surface area (Å²) in [6.45, 7) is 1.87. The first-order valence-corrected chi connectivity index (χ1v) is 8.89. The zero-order valence-corrected chi connectivity index (χ0v) is 14.1. The summed E-state index contributed by atoms with van der Waals surface area (Å²) in [6.07, 6.45) is 1.45. The predicted octanol–water partition coefficient (Wildman–Crippen LogP) is 0.834. The molecule has 0 aliphatic carbocycles. The summed E-state index contributed by atoms with van der Waals surface area (Å²) in [5.41, 5.74) is 0.119. The van der Waals surface area contributed by atoms with Crippen LogP contribution in [0.2, 0.25) is 0 Å². The van der Waals surface area contributed by atoms with Crippen LogP contribution in [0.25, 0.3) is 0 Å². The zero-order valence-electron chi connectivity index (χ0n) is 13.3. The van der Waals surface area contributed by atoms with E-state index in [4.69, 9.17) is 5.11 Å². The maximum Gasteiger partial charge on any atom is 0.321 e. The lowest BCUT2D eigenvalue weighted by Crippen LogP contribution is -2.40. The molecule has 1 unspecified atom stereocenters. The average molecular weight is 354 g/mol. The fraction of sp³-hybridized carbons (Fsp3) is 0.400. The number of rotatable bonds is 7. The molecule has 24 heavy (non-hydrogen) atoms. The van der Waals surface area contributed by atoms with Gasteiger partial charge in [0.15, 0.2) is 0 Å². The van der Waals surface area contributed by atoms with Crippen LogP contribution in [0.3, 0.4) is 0 Å². The van der Waals surface area contributed by atoms with Gasteiger partial charge in [-0.1, -0.05) is 19.8 Å². The van der Waals surface area contributed by atoms with Crippen molar-refractivity contribution < 1.29 is 27.9 Å². The predicted molar refractivity (Wildman–Crippen MR) is 84.1 cm³/mol. The molecule has 0 spiro atoms. The van der Waals surface area contributed by atoms with E-state index in [1.165, 1.54) is 19.2 Å². The number of unbranched alkanes of at least 4 members (excludes halogenated alkanes) is 1. The number of hydrogen-bond acceptors (Lipinski definition) is 5. The highest BCUT2D eigenvalue weighted by molar-refractivity contribution is 7.89. The molecule has 2 amide bonds. The molecule has 1 aliphatic rings. The Bertz CT molecular complexity index is 802. The van der Waals surface area contributed by atoms with E-state index in [2.05, 4.69) is 4.72 Å². The Morgan fingerprint density at radius 2 is 1.88 bits per heavy atom. The molecule has 0 bridgehead atoms. The number of carboxylic acids is 1. The van der Waals surface area contributed by atoms with Crippen molar-refractivity contribution in [1.82, 2.24) is 9.62 Å². The minimum atomic E-state index is -4.13. The lowest BCUT2D eigenvalue weighted by Gasteiger charge is -2.14. The lowest BCUT2D eigenvalue weighted by molar-refractivity contribution is -0.139. The Morgan fingerprint density at radius 1 is 1.25 bits per heavy atom. The maximum atomic E-state index is 12.4. The standard InChI is InChI=1S/C15H18N2O6S/c1-3-4-5-12(15(20)21)16-24(22,23)9-6-7-10-11(8-9)14(19)17(2)13(10)18/h6-8,12,16H,3-5H2,1-2H3,(H,20,21). The minimum Gasteiger partial charge on any atom is -0.480 e. The van der Waals surface area contributed by atoms with Crippen LogP contribution in [0, 0.1) is 0 Å². The maximum absolute atomic E-state index is 12.4. The number of nitrogens with zero attached hydrogens (tertiary/aromatic N) is 1. The van der Waals surface area contributed by atoms with E-state index in [-0.39, 0.29) is 22.4 Å². The molecule has 130 valence electrons. The van der Waals surface area contributed by atoms with Gasteiger partial charge >= 0.3 is 5.97 Å². The fourth-order valence-electron chi connectivity index (χ4n) is 2.40. The Kier molecular flexibility index (Phi) is 5.05. The van der Waals surface area contributed by atoms with Gasteiger partial charge in [0, 0.05) is 7.05 Å². The average Bonchev–Trinajstić information content (AvgIpc) is 2.75. The highest BCUT2D eigenvalue weighted by atomic mass is 32.2. The number of hydrogen-bond donors (Lipinski definition) is 2. The first kappa shape index (κ1) is 18.1. The Balaban J connectivity index is 2.32. The lowest BCUT2D eigenvalue weighted by atomic mass is 10.1. The molecule has 0 saturated carbocycles. The molecule has 1 aromatic rings. The normalized spacial score (nSPS) is 15.5. The first-order chi connectivity index (χ1) is 11.2. The number of carbonyl (C=O) groups excluding carboxylic acids is 2.